The van der Waals surface area contributed by atoms with Crippen LogP contribution in [0.15, 0.2) is 0 Å². The number of aromatic nitrogens is 2. The van der Waals surface area contributed by atoms with Gasteiger partial charge in [-0.1, -0.05) is 27.7 Å². The third-order valence-corrected chi connectivity index (χ3v) is 3.06. The number of anilines is 1. The van der Waals surface area contributed by atoms with Crippen molar-refractivity contribution in [1.82, 2.24) is 9.36 Å². The fourth-order valence-corrected chi connectivity index (χ4v) is 1.89. The van der Waals surface area contributed by atoms with Crippen molar-refractivity contribution in [3.05, 3.63) is 5.82 Å². The van der Waals surface area contributed by atoms with E-state index in [2.05, 4.69) is 56.2 Å². The summed E-state index contributed by atoms with van der Waals surface area (Å²) in [5.74, 6) is 0.918. The van der Waals surface area contributed by atoms with Gasteiger partial charge in [0.15, 0.2) is 0 Å². The zero-order valence-electron chi connectivity index (χ0n) is 10.5. The van der Waals surface area contributed by atoms with E-state index in [1.165, 1.54) is 11.5 Å². The second-order valence-electron chi connectivity index (χ2n) is 5.54. The van der Waals surface area contributed by atoms with Gasteiger partial charge in [-0.05, 0) is 20.3 Å². The maximum absolute atomic E-state index is 4.51. The summed E-state index contributed by atoms with van der Waals surface area (Å²) in [5.41, 5.74) is 0.126. The predicted molar refractivity (Wildman–Crippen MR) is 66.6 cm³/mol. The molecule has 0 spiro atoms. The standard InChI is InChI=1S/C11H21N3S/c1-7-11(5,6)13-9-12-8(14-15-9)10(2,3)4/h7H2,1-6H3,(H,12,13,14). The van der Waals surface area contributed by atoms with Crippen LogP contribution in [0, 0.1) is 0 Å². The van der Waals surface area contributed by atoms with Gasteiger partial charge in [-0.2, -0.15) is 4.37 Å². The maximum atomic E-state index is 4.51. The average molecular weight is 227 g/mol. The summed E-state index contributed by atoms with van der Waals surface area (Å²) in [7, 11) is 0. The topological polar surface area (TPSA) is 37.8 Å². The van der Waals surface area contributed by atoms with E-state index < -0.39 is 0 Å². The number of hydrogen-bond donors (Lipinski definition) is 1. The van der Waals surface area contributed by atoms with Crippen molar-refractivity contribution in [2.24, 2.45) is 0 Å². The Kier molecular flexibility index (Phi) is 3.38. The molecule has 0 saturated carbocycles. The highest BCUT2D eigenvalue weighted by Crippen LogP contribution is 2.25. The van der Waals surface area contributed by atoms with E-state index in [9.17, 15) is 0 Å². The van der Waals surface area contributed by atoms with E-state index in [0.717, 1.165) is 17.4 Å². The average Bonchev–Trinajstić information content (AvgIpc) is 2.51. The van der Waals surface area contributed by atoms with Crippen molar-refractivity contribution in [2.75, 3.05) is 5.32 Å². The van der Waals surface area contributed by atoms with Crippen LogP contribution in [0.25, 0.3) is 0 Å². The van der Waals surface area contributed by atoms with Crippen molar-refractivity contribution in [2.45, 2.75) is 58.9 Å². The van der Waals surface area contributed by atoms with Crippen molar-refractivity contribution in [1.29, 1.82) is 0 Å². The molecule has 1 heterocycles. The summed E-state index contributed by atoms with van der Waals surface area (Å²) in [6, 6.07) is 0. The normalized spacial score (nSPS) is 12.9. The first-order valence-electron chi connectivity index (χ1n) is 5.37. The fourth-order valence-electron chi connectivity index (χ4n) is 0.957. The van der Waals surface area contributed by atoms with Gasteiger partial charge in [0.25, 0.3) is 0 Å². The summed E-state index contributed by atoms with van der Waals surface area (Å²) in [6.45, 7) is 12.9. The second-order valence-corrected chi connectivity index (χ2v) is 6.29. The Balaban J connectivity index is 2.78. The minimum absolute atomic E-state index is 0.0345. The highest BCUT2D eigenvalue weighted by atomic mass is 32.1. The van der Waals surface area contributed by atoms with Crippen molar-refractivity contribution >= 4 is 16.7 Å². The lowest BCUT2D eigenvalue weighted by Gasteiger charge is -2.23. The van der Waals surface area contributed by atoms with Crippen molar-refractivity contribution < 1.29 is 0 Å². The summed E-state index contributed by atoms with van der Waals surface area (Å²) in [4.78, 5) is 4.51. The number of nitrogens with zero attached hydrogens (tertiary/aromatic N) is 2. The van der Waals surface area contributed by atoms with E-state index in [0.29, 0.717) is 0 Å². The quantitative estimate of drug-likeness (QED) is 0.859. The third-order valence-electron chi connectivity index (χ3n) is 2.43. The van der Waals surface area contributed by atoms with Gasteiger partial charge in [-0.25, -0.2) is 4.98 Å². The molecule has 0 aliphatic rings. The number of hydrogen-bond acceptors (Lipinski definition) is 4. The minimum atomic E-state index is 0.0345. The van der Waals surface area contributed by atoms with E-state index in [-0.39, 0.29) is 11.0 Å². The molecule has 0 aliphatic heterocycles. The van der Waals surface area contributed by atoms with Crippen LogP contribution in [0.5, 0.6) is 0 Å². The van der Waals surface area contributed by atoms with Gasteiger partial charge in [0.05, 0.1) is 0 Å². The van der Waals surface area contributed by atoms with Gasteiger partial charge in [0.1, 0.15) is 5.82 Å². The minimum Gasteiger partial charge on any atom is -0.355 e. The molecule has 0 bridgehead atoms. The van der Waals surface area contributed by atoms with Gasteiger partial charge in [0, 0.05) is 22.5 Å². The summed E-state index contributed by atoms with van der Waals surface area (Å²) < 4.78 is 4.37. The lowest BCUT2D eigenvalue weighted by atomic mass is 9.96. The summed E-state index contributed by atoms with van der Waals surface area (Å²) >= 11 is 1.45. The monoisotopic (exact) mass is 227 g/mol. The largest absolute Gasteiger partial charge is 0.355 e. The van der Waals surface area contributed by atoms with Gasteiger partial charge < -0.3 is 5.32 Å². The zero-order chi connectivity index (χ0) is 11.7. The van der Waals surface area contributed by atoms with E-state index >= 15 is 0 Å². The van der Waals surface area contributed by atoms with E-state index in [1.807, 2.05) is 0 Å². The highest BCUT2D eigenvalue weighted by molar-refractivity contribution is 7.09. The molecule has 15 heavy (non-hydrogen) atoms. The third kappa shape index (κ3) is 3.45. The Hall–Kier alpha value is -0.640. The molecule has 4 heteroatoms. The van der Waals surface area contributed by atoms with Crippen molar-refractivity contribution in [3.8, 4) is 0 Å². The molecule has 0 radical (unpaired) electrons. The van der Waals surface area contributed by atoms with Crippen LogP contribution < -0.4 is 5.32 Å². The summed E-state index contributed by atoms with van der Waals surface area (Å²) in [5, 5.41) is 4.33. The molecule has 0 atom stereocenters. The molecule has 0 aliphatic carbocycles. The van der Waals surface area contributed by atoms with Gasteiger partial charge in [0.2, 0.25) is 5.13 Å². The predicted octanol–water partition coefficient (Wildman–Crippen LogP) is 3.44. The van der Waals surface area contributed by atoms with Gasteiger partial charge in [-0.15, -0.1) is 0 Å². The molecule has 3 nitrogen and oxygen atoms in total. The molecule has 0 saturated heterocycles. The van der Waals surface area contributed by atoms with Gasteiger partial charge in [-0.3, -0.25) is 0 Å². The Labute approximate surface area is 96.5 Å². The van der Waals surface area contributed by atoms with Crippen LogP contribution in [0.4, 0.5) is 5.13 Å². The molecular weight excluding hydrogens is 206 g/mol. The Morgan fingerprint density at radius 3 is 2.20 bits per heavy atom. The molecule has 1 aromatic rings. The van der Waals surface area contributed by atoms with Gasteiger partial charge >= 0.3 is 0 Å². The SMILES string of the molecule is CCC(C)(C)Nc1nc(C(C)(C)C)ns1. The molecule has 0 unspecified atom stereocenters. The lowest BCUT2D eigenvalue weighted by Crippen LogP contribution is -2.29. The molecule has 1 aromatic heterocycles. The molecule has 1 N–H and O–H groups in total. The first kappa shape index (κ1) is 12.4. The molecule has 0 amide bonds. The molecule has 0 fully saturated rings. The zero-order valence-corrected chi connectivity index (χ0v) is 11.3. The smallest absolute Gasteiger partial charge is 0.203 e. The van der Waals surface area contributed by atoms with E-state index in [4.69, 9.17) is 0 Å². The number of rotatable bonds is 3. The fraction of sp³-hybridized carbons (Fsp3) is 0.818. The molecule has 1 rings (SSSR count). The Morgan fingerprint density at radius 1 is 1.20 bits per heavy atom. The maximum Gasteiger partial charge on any atom is 0.203 e. The van der Waals surface area contributed by atoms with E-state index in [1.54, 1.807) is 0 Å². The second kappa shape index (κ2) is 4.08. The lowest BCUT2D eigenvalue weighted by molar-refractivity contribution is 0.539. The number of nitrogens with one attached hydrogen (secondary N) is 1. The van der Waals surface area contributed by atoms with Crippen LogP contribution in [0.1, 0.15) is 53.8 Å². The van der Waals surface area contributed by atoms with Crippen LogP contribution in [0.3, 0.4) is 0 Å². The summed E-state index contributed by atoms with van der Waals surface area (Å²) in [6.07, 6.45) is 1.07. The van der Waals surface area contributed by atoms with Crippen LogP contribution in [-0.4, -0.2) is 14.9 Å². The Morgan fingerprint density at radius 2 is 1.80 bits per heavy atom. The molecule has 0 aromatic carbocycles. The molecule has 86 valence electrons. The highest BCUT2D eigenvalue weighted by Gasteiger charge is 2.22. The van der Waals surface area contributed by atoms with Crippen molar-refractivity contribution in [3.63, 3.8) is 0 Å². The first-order chi connectivity index (χ1) is 6.74. The van der Waals surface area contributed by atoms with Crippen LogP contribution in [-0.2, 0) is 5.41 Å². The molecular formula is C11H21N3S. The Bertz CT molecular complexity index is 323. The first-order valence-corrected chi connectivity index (χ1v) is 6.14. The van der Waals surface area contributed by atoms with Crippen LogP contribution in [0.2, 0.25) is 0 Å². The van der Waals surface area contributed by atoms with Crippen LogP contribution >= 0.6 is 11.5 Å².